The van der Waals surface area contributed by atoms with Crippen LogP contribution in [-0.2, 0) is 11.3 Å². The molecule has 1 amide bonds. The quantitative estimate of drug-likeness (QED) is 0.427. The molecule has 0 saturated heterocycles. The first kappa shape index (κ1) is 22.5. The van der Waals surface area contributed by atoms with Crippen LogP contribution in [0.15, 0.2) is 47.6 Å². The van der Waals surface area contributed by atoms with E-state index < -0.39 is 0 Å². The minimum Gasteiger partial charge on any atom is -0.483 e. The van der Waals surface area contributed by atoms with Gasteiger partial charge in [-0.1, -0.05) is 47.1 Å². The van der Waals surface area contributed by atoms with Crippen molar-refractivity contribution in [2.45, 2.75) is 38.6 Å². The van der Waals surface area contributed by atoms with Crippen LogP contribution in [0.5, 0.6) is 5.75 Å². The Morgan fingerprint density at radius 2 is 2.03 bits per heavy atom. The maximum Gasteiger partial charge on any atom is 0.234 e. The Kier molecular flexibility index (Phi) is 7.64. The predicted molar refractivity (Wildman–Crippen MR) is 122 cm³/mol. The molecular formula is C21H22Cl2N4O2S. The zero-order valence-corrected chi connectivity index (χ0v) is 19.2. The average molecular weight is 465 g/mol. The van der Waals surface area contributed by atoms with Crippen LogP contribution < -0.4 is 10.1 Å². The normalized spacial score (nSPS) is 11.9. The van der Waals surface area contributed by atoms with E-state index in [-0.39, 0.29) is 17.8 Å². The Hall–Kier alpha value is -2.22. The first-order valence-electron chi connectivity index (χ1n) is 9.41. The van der Waals surface area contributed by atoms with Gasteiger partial charge in [-0.2, -0.15) is 0 Å². The lowest BCUT2D eigenvalue weighted by Gasteiger charge is -2.16. The number of thioether (sulfide) groups is 1. The highest BCUT2D eigenvalue weighted by atomic mass is 35.5. The minimum atomic E-state index is -0.282. The number of hydrogen-bond donors (Lipinski definition) is 1. The Bertz CT molecular complexity index is 1040. The van der Waals surface area contributed by atoms with Crippen molar-refractivity contribution < 1.29 is 9.53 Å². The molecule has 0 radical (unpaired) electrons. The number of anilines is 1. The second kappa shape index (κ2) is 10.2. The minimum absolute atomic E-state index is 0.171. The first-order chi connectivity index (χ1) is 14.4. The van der Waals surface area contributed by atoms with Crippen molar-refractivity contribution in [1.82, 2.24) is 14.8 Å². The maximum atomic E-state index is 12.3. The number of hydrogen-bond acceptors (Lipinski definition) is 5. The van der Waals surface area contributed by atoms with Crippen molar-refractivity contribution in [3.8, 4) is 5.75 Å². The van der Waals surface area contributed by atoms with Gasteiger partial charge < -0.3 is 14.6 Å². The fraction of sp³-hybridized carbons (Fsp3) is 0.286. The second-order valence-electron chi connectivity index (χ2n) is 6.62. The van der Waals surface area contributed by atoms with Gasteiger partial charge in [-0.3, -0.25) is 4.79 Å². The number of amides is 1. The number of benzene rings is 2. The van der Waals surface area contributed by atoms with Crippen LogP contribution in [0.3, 0.4) is 0 Å². The molecule has 0 saturated carbocycles. The van der Waals surface area contributed by atoms with Gasteiger partial charge in [0.1, 0.15) is 5.75 Å². The Balaban J connectivity index is 1.64. The van der Waals surface area contributed by atoms with Gasteiger partial charge in [0.15, 0.2) is 17.1 Å². The van der Waals surface area contributed by atoms with Gasteiger partial charge in [0.25, 0.3) is 0 Å². The number of aromatic nitrogens is 3. The summed E-state index contributed by atoms with van der Waals surface area (Å²) < 4.78 is 7.98. The summed E-state index contributed by atoms with van der Waals surface area (Å²) in [5.41, 5.74) is 1.64. The monoisotopic (exact) mass is 464 g/mol. The molecule has 0 aliphatic heterocycles. The van der Waals surface area contributed by atoms with E-state index in [9.17, 15) is 4.79 Å². The summed E-state index contributed by atoms with van der Waals surface area (Å²) in [5.74, 6) is 1.47. The summed E-state index contributed by atoms with van der Waals surface area (Å²) >= 11 is 13.3. The summed E-state index contributed by atoms with van der Waals surface area (Å²) in [6.45, 7) is 6.62. The van der Waals surface area contributed by atoms with Crippen molar-refractivity contribution in [2.75, 3.05) is 11.1 Å². The summed E-state index contributed by atoms with van der Waals surface area (Å²) in [5, 5.41) is 12.9. The van der Waals surface area contributed by atoms with E-state index in [0.717, 1.165) is 11.3 Å². The highest BCUT2D eigenvalue weighted by Crippen LogP contribution is 2.27. The van der Waals surface area contributed by atoms with E-state index in [1.165, 1.54) is 11.8 Å². The molecule has 1 N–H and O–H groups in total. The molecule has 0 bridgehead atoms. The molecule has 1 unspecified atom stereocenters. The molecule has 158 valence electrons. The molecule has 0 aliphatic rings. The van der Waals surface area contributed by atoms with Gasteiger partial charge in [0, 0.05) is 11.6 Å². The summed E-state index contributed by atoms with van der Waals surface area (Å²) in [4.78, 5) is 12.3. The van der Waals surface area contributed by atoms with Crippen molar-refractivity contribution in [3.05, 3.63) is 63.9 Å². The lowest BCUT2D eigenvalue weighted by molar-refractivity contribution is -0.113. The molecular weight excluding hydrogens is 443 g/mol. The largest absolute Gasteiger partial charge is 0.483 e. The molecule has 2 aromatic carbocycles. The Labute approximate surface area is 189 Å². The van der Waals surface area contributed by atoms with E-state index in [1.54, 1.807) is 18.2 Å². The zero-order valence-electron chi connectivity index (χ0n) is 16.9. The highest BCUT2D eigenvalue weighted by molar-refractivity contribution is 7.99. The summed E-state index contributed by atoms with van der Waals surface area (Å²) in [7, 11) is 0. The molecule has 1 heterocycles. The van der Waals surface area contributed by atoms with Gasteiger partial charge in [-0.25, -0.2) is 0 Å². The number of ether oxygens (including phenoxy) is 1. The van der Waals surface area contributed by atoms with Crippen LogP contribution in [-0.4, -0.2) is 26.4 Å². The zero-order chi connectivity index (χ0) is 21.7. The highest BCUT2D eigenvalue weighted by Gasteiger charge is 2.19. The van der Waals surface area contributed by atoms with Crippen molar-refractivity contribution >= 4 is 46.6 Å². The standard InChI is InChI=1S/C21H22Cl2N4O2S/c1-4-27-20(14(3)29-16-7-5-6-13(2)10-16)25-26-21(27)30-12-19(28)24-18-9-8-15(22)11-17(18)23/h5-11,14H,4,12H2,1-3H3,(H,24,28). The molecule has 30 heavy (non-hydrogen) atoms. The smallest absolute Gasteiger partial charge is 0.234 e. The average Bonchev–Trinajstić information content (AvgIpc) is 3.11. The van der Waals surface area contributed by atoms with Crippen LogP contribution in [0.4, 0.5) is 5.69 Å². The lowest BCUT2D eigenvalue weighted by atomic mass is 10.2. The third-order valence-corrected chi connectivity index (χ3v) is 5.78. The van der Waals surface area contributed by atoms with Gasteiger partial charge in [0.2, 0.25) is 5.91 Å². The molecule has 3 rings (SSSR count). The Morgan fingerprint density at radius 1 is 1.23 bits per heavy atom. The second-order valence-corrected chi connectivity index (χ2v) is 8.41. The summed E-state index contributed by atoms with van der Waals surface area (Å²) in [6, 6.07) is 12.8. The molecule has 3 aromatic rings. The van der Waals surface area contributed by atoms with Gasteiger partial charge >= 0.3 is 0 Å². The SMILES string of the molecule is CCn1c(SCC(=O)Nc2ccc(Cl)cc2Cl)nnc1C(C)Oc1cccc(C)c1. The third-order valence-electron chi connectivity index (χ3n) is 4.27. The first-order valence-corrected chi connectivity index (χ1v) is 11.2. The molecule has 0 spiro atoms. The van der Waals surface area contributed by atoms with Gasteiger partial charge in [0.05, 0.1) is 16.5 Å². The van der Waals surface area contributed by atoms with Crippen molar-refractivity contribution in [3.63, 3.8) is 0 Å². The predicted octanol–water partition coefficient (Wildman–Crippen LogP) is 5.78. The van der Waals surface area contributed by atoms with E-state index >= 15 is 0 Å². The van der Waals surface area contributed by atoms with Gasteiger partial charge in [-0.05, 0) is 56.7 Å². The van der Waals surface area contributed by atoms with Crippen LogP contribution in [0.1, 0.15) is 31.3 Å². The van der Waals surface area contributed by atoms with E-state index in [4.69, 9.17) is 27.9 Å². The molecule has 1 atom stereocenters. The number of nitrogens with one attached hydrogen (secondary N) is 1. The van der Waals surface area contributed by atoms with E-state index in [0.29, 0.717) is 33.3 Å². The van der Waals surface area contributed by atoms with Crippen LogP contribution >= 0.6 is 35.0 Å². The topological polar surface area (TPSA) is 69.0 Å². The molecule has 6 nitrogen and oxygen atoms in total. The maximum absolute atomic E-state index is 12.3. The molecule has 0 fully saturated rings. The molecule has 1 aromatic heterocycles. The number of carbonyl (C=O) groups is 1. The Morgan fingerprint density at radius 3 is 2.73 bits per heavy atom. The van der Waals surface area contributed by atoms with Crippen molar-refractivity contribution in [2.24, 2.45) is 0 Å². The number of carbonyl (C=O) groups excluding carboxylic acids is 1. The fourth-order valence-electron chi connectivity index (χ4n) is 2.86. The molecule has 0 aliphatic carbocycles. The fourth-order valence-corrected chi connectivity index (χ4v) is 4.12. The van der Waals surface area contributed by atoms with E-state index in [2.05, 4.69) is 15.5 Å². The van der Waals surface area contributed by atoms with Crippen LogP contribution in [0.25, 0.3) is 0 Å². The molecule has 9 heteroatoms. The van der Waals surface area contributed by atoms with E-state index in [1.807, 2.05) is 49.6 Å². The van der Waals surface area contributed by atoms with Crippen LogP contribution in [0, 0.1) is 6.92 Å². The number of halogens is 2. The van der Waals surface area contributed by atoms with Gasteiger partial charge in [-0.15, -0.1) is 10.2 Å². The number of rotatable bonds is 8. The van der Waals surface area contributed by atoms with Crippen LogP contribution in [0.2, 0.25) is 10.0 Å². The lowest BCUT2D eigenvalue weighted by Crippen LogP contribution is -2.15. The number of nitrogens with zero attached hydrogens (tertiary/aromatic N) is 3. The summed E-state index contributed by atoms with van der Waals surface area (Å²) in [6.07, 6.45) is -0.282. The number of aryl methyl sites for hydroxylation is 1. The van der Waals surface area contributed by atoms with Crippen molar-refractivity contribution in [1.29, 1.82) is 0 Å². The third kappa shape index (κ3) is 5.68.